The molecule has 0 aliphatic heterocycles. The Balaban J connectivity index is 1.50. The maximum atomic E-state index is 13.3. The number of rotatable bonds is 7. The molecule has 1 aromatic carbocycles. The largest absolute Gasteiger partial charge is 0.338 e. The Hall–Kier alpha value is -3.88. The van der Waals surface area contributed by atoms with Gasteiger partial charge in [0.1, 0.15) is 5.82 Å². The summed E-state index contributed by atoms with van der Waals surface area (Å²) in [6, 6.07) is 10.4. The summed E-state index contributed by atoms with van der Waals surface area (Å²) in [6.07, 6.45) is 6.67. The molecule has 0 saturated carbocycles. The van der Waals surface area contributed by atoms with Crippen molar-refractivity contribution >= 4 is 5.91 Å². The Morgan fingerprint density at radius 1 is 1.13 bits per heavy atom. The number of likely N-dealkylation sites (N-methyl/N-ethyl adjacent to an activating group) is 1. The third-order valence-electron chi connectivity index (χ3n) is 4.91. The van der Waals surface area contributed by atoms with Gasteiger partial charge in [-0.15, -0.1) is 0 Å². The number of benzene rings is 1. The summed E-state index contributed by atoms with van der Waals surface area (Å²) < 4.78 is 14.7. The van der Waals surface area contributed by atoms with Gasteiger partial charge in [-0.25, -0.2) is 14.1 Å². The van der Waals surface area contributed by atoms with Crippen molar-refractivity contribution in [2.24, 2.45) is 0 Å². The Morgan fingerprint density at radius 2 is 1.94 bits per heavy atom. The molecule has 0 radical (unpaired) electrons. The number of aryl methyl sites for hydroxylation is 1. The van der Waals surface area contributed by atoms with Gasteiger partial charge >= 0.3 is 0 Å². The number of hydrogen-bond donors (Lipinski definition) is 0. The fraction of sp³-hybridized carbons (Fsp3) is 0.227. The van der Waals surface area contributed by atoms with Crippen LogP contribution in [0.1, 0.15) is 28.5 Å². The Kier molecular flexibility index (Phi) is 5.83. The molecule has 0 fully saturated rings. The van der Waals surface area contributed by atoms with Crippen LogP contribution in [-0.2, 0) is 6.42 Å². The number of carbonyl (C=O) groups is 1. The Bertz CT molecular complexity index is 1170. The van der Waals surface area contributed by atoms with E-state index in [0.717, 1.165) is 17.5 Å². The van der Waals surface area contributed by atoms with Gasteiger partial charge in [0.2, 0.25) is 0 Å². The minimum absolute atomic E-state index is 0.0851. The quantitative estimate of drug-likeness (QED) is 0.460. The van der Waals surface area contributed by atoms with Crippen molar-refractivity contribution in [2.75, 3.05) is 13.1 Å². The highest BCUT2D eigenvalue weighted by atomic mass is 19.1. The van der Waals surface area contributed by atoms with Crippen LogP contribution in [0.4, 0.5) is 4.39 Å². The third-order valence-corrected chi connectivity index (χ3v) is 4.91. The lowest BCUT2D eigenvalue weighted by atomic mass is 10.1. The van der Waals surface area contributed by atoms with Gasteiger partial charge in [0, 0.05) is 25.7 Å². The predicted octanol–water partition coefficient (Wildman–Crippen LogP) is 3.00. The second kappa shape index (κ2) is 8.86. The molecule has 8 nitrogen and oxygen atoms in total. The average molecular weight is 419 g/mol. The van der Waals surface area contributed by atoms with Crippen LogP contribution >= 0.6 is 0 Å². The highest BCUT2D eigenvalue weighted by Crippen LogP contribution is 2.18. The maximum Gasteiger partial charge on any atom is 0.256 e. The number of pyridine rings is 1. The van der Waals surface area contributed by atoms with Crippen LogP contribution in [0.3, 0.4) is 0 Å². The summed E-state index contributed by atoms with van der Waals surface area (Å²) in [5.41, 5.74) is 3.00. The van der Waals surface area contributed by atoms with E-state index < -0.39 is 5.82 Å². The van der Waals surface area contributed by atoms with Crippen LogP contribution in [0, 0.1) is 12.7 Å². The minimum Gasteiger partial charge on any atom is -0.338 e. The van der Waals surface area contributed by atoms with E-state index >= 15 is 0 Å². The van der Waals surface area contributed by atoms with Crippen molar-refractivity contribution in [2.45, 2.75) is 20.3 Å². The molecule has 0 unspecified atom stereocenters. The van der Waals surface area contributed by atoms with Gasteiger partial charge in [0.05, 0.1) is 35.5 Å². The average Bonchev–Trinajstić information content (AvgIpc) is 3.47. The van der Waals surface area contributed by atoms with Crippen LogP contribution in [0.5, 0.6) is 0 Å². The molecule has 9 heteroatoms. The summed E-state index contributed by atoms with van der Waals surface area (Å²) in [5, 5.41) is 12.8. The first-order valence-electron chi connectivity index (χ1n) is 9.98. The number of aromatic nitrogens is 6. The van der Waals surface area contributed by atoms with Gasteiger partial charge < -0.3 is 4.90 Å². The normalized spacial score (nSPS) is 10.9. The summed E-state index contributed by atoms with van der Waals surface area (Å²) in [6.45, 7) is 4.95. The molecule has 3 heterocycles. The number of hydrogen-bond acceptors (Lipinski definition) is 5. The van der Waals surface area contributed by atoms with Crippen LogP contribution in [0.15, 0.2) is 61.2 Å². The first kappa shape index (κ1) is 20.4. The van der Waals surface area contributed by atoms with Crippen molar-refractivity contribution < 1.29 is 9.18 Å². The number of amides is 1. The zero-order chi connectivity index (χ0) is 21.8. The topological polar surface area (TPSA) is 81.7 Å². The monoisotopic (exact) mass is 419 g/mol. The van der Waals surface area contributed by atoms with Crippen LogP contribution in [-0.4, -0.2) is 53.7 Å². The molecule has 0 N–H and O–H groups in total. The SMILES string of the molecule is CCN(CCc1ccn(-c2ccc(F)cn2)n1)C(=O)c1cc(C)ccc1-n1nccn1. The van der Waals surface area contributed by atoms with Crippen molar-refractivity contribution in [3.63, 3.8) is 0 Å². The molecule has 0 saturated heterocycles. The summed E-state index contributed by atoms with van der Waals surface area (Å²) >= 11 is 0. The first-order valence-corrected chi connectivity index (χ1v) is 9.98. The van der Waals surface area contributed by atoms with Crippen LogP contribution in [0.25, 0.3) is 11.5 Å². The van der Waals surface area contributed by atoms with E-state index in [1.807, 2.05) is 38.1 Å². The first-order chi connectivity index (χ1) is 15.0. The van der Waals surface area contributed by atoms with E-state index in [0.29, 0.717) is 36.6 Å². The molecule has 0 bridgehead atoms. The predicted molar refractivity (Wildman–Crippen MR) is 113 cm³/mol. The Morgan fingerprint density at radius 3 is 2.65 bits per heavy atom. The van der Waals surface area contributed by atoms with Gasteiger partial charge in [0.25, 0.3) is 5.91 Å². The number of halogens is 1. The van der Waals surface area contributed by atoms with Crippen molar-refractivity contribution in [1.82, 2.24) is 34.7 Å². The van der Waals surface area contributed by atoms with Crippen LogP contribution < -0.4 is 0 Å². The van der Waals surface area contributed by atoms with Crippen molar-refractivity contribution in [3.05, 3.63) is 83.8 Å². The second-order valence-electron chi connectivity index (χ2n) is 7.06. The molecular formula is C22H22FN7O. The third kappa shape index (κ3) is 4.50. The number of carbonyl (C=O) groups excluding carboxylic acids is 1. The lowest BCUT2D eigenvalue weighted by Crippen LogP contribution is -2.33. The van der Waals surface area contributed by atoms with E-state index in [1.165, 1.54) is 10.9 Å². The lowest BCUT2D eigenvalue weighted by molar-refractivity contribution is 0.0765. The molecule has 4 aromatic rings. The molecule has 1 amide bonds. The minimum atomic E-state index is -0.394. The van der Waals surface area contributed by atoms with Gasteiger partial charge in [-0.05, 0) is 44.2 Å². The van der Waals surface area contributed by atoms with Gasteiger partial charge in [0.15, 0.2) is 5.82 Å². The van der Waals surface area contributed by atoms with E-state index in [4.69, 9.17) is 0 Å². The van der Waals surface area contributed by atoms with Crippen LogP contribution in [0.2, 0.25) is 0 Å². The number of nitrogens with zero attached hydrogens (tertiary/aromatic N) is 7. The fourth-order valence-electron chi connectivity index (χ4n) is 3.28. The molecule has 0 aliphatic rings. The van der Waals surface area contributed by atoms with Crippen molar-refractivity contribution in [1.29, 1.82) is 0 Å². The smallest absolute Gasteiger partial charge is 0.256 e. The molecule has 4 rings (SSSR count). The van der Waals surface area contributed by atoms with Gasteiger partial charge in [-0.2, -0.15) is 20.1 Å². The highest BCUT2D eigenvalue weighted by molar-refractivity contribution is 5.98. The molecule has 0 aliphatic carbocycles. The molecule has 31 heavy (non-hydrogen) atoms. The van der Waals surface area contributed by atoms with E-state index in [9.17, 15) is 9.18 Å². The molecule has 0 atom stereocenters. The van der Waals surface area contributed by atoms with Crippen molar-refractivity contribution in [3.8, 4) is 11.5 Å². The van der Waals surface area contributed by atoms with E-state index in [1.54, 1.807) is 34.2 Å². The summed E-state index contributed by atoms with van der Waals surface area (Å²) in [5.74, 6) is 0.0550. The van der Waals surface area contributed by atoms with Gasteiger partial charge in [-0.1, -0.05) is 11.6 Å². The lowest BCUT2D eigenvalue weighted by Gasteiger charge is -2.22. The molecule has 0 spiro atoms. The Labute approximate surface area is 179 Å². The molecule has 3 aromatic heterocycles. The van der Waals surface area contributed by atoms with E-state index in [2.05, 4.69) is 20.3 Å². The standard InChI is InChI=1S/C22H22FN7O/c1-3-28(12-8-18-9-13-29(27-18)21-7-5-17(23)15-24-21)22(31)19-14-16(2)4-6-20(19)30-25-10-11-26-30/h4-7,9-11,13-15H,3,8,12H2,1-2H3. The van der Waals surface area contributed by atoms with Gasteiger partial charge in [-0.3, -0.25) is 4.79 Å². The second-order valence-corrected chi connectivity index (χ2v) is 7.06. The highest BCUT2D eigenvalue weighted by Gasteiger charge is 2.20. The summed E-state index contributed by atoms with van der Waals surface area (Å²) in [7, 11) is 0. The summed E-state index contributed by atoms with van der Waals surface area (Å²) in [4.78, 5) is 20.6. The fourth-order valence-corrected chi connectivity index (χ4v) is 3.28. The van der Waals surface area contributed by atoms with E-state index in [-0.39, 0.29) is 5.91 Å². The zero-order valence-corrected chi connectivity index (χ0v) is 17.3. The maximum absolute atomic E-state index is 13.3. The zero-order valence-electron chi connectivity index (χ0n) is 17.3. The molecular weight excluding hydrogens is 397 g/mol. The molecule has 158 valence electrons.